The average molecular weight is 494 g/mol. The summed E-state index contributed by atoms with van der Waals surface area (Å²) in [6.07, 6.45) is 1.76. The molecule has 0 spiro atoms. The normalized spacial score (nSPS) is 14.8. The van der Waals surface area contributed by atoms with Gasteiger partial charge in [-0.25, -0.2) is 0 Å². The Kier molecular flexibility index (Phi) is 7.21. The molecule has 3 rings (SSSR count). The highest BCUT2D eigenvalue weighted by molar-refractivity contribution is 9.10. The predicted molar refractivity (Wildman–Crippen MR) is 124 cm³/mol. The molecule has 0 aliphatic carbocycles. The first-order valence-electron chi connectivity index (χ1n) is 8.82. The number of halogens is 1. The Hall–Kier alpha value is -2.03. The highest BCUT2D eigenvalue weighted by Crippen LogP contribution is 2.38. The number of ether oxygens (including phenoxy) is 3. The Bertz CT molecular complexity index is 991. The van der Waals surface area contributed by atoms with Gasteiger partial charge in [0.25, 0.3) is 5.91 Å². The molecule has 0 bridgehead atoms. The number of hydrogen-bond acceptors (Lipinski definition) is 6. The zero-order chi connectivity index (χ0) is 21.0. The van der Waals surface area contributed by atoms with E-state index in [-0.39, 0.29) is 5.91 Å². The molecule has 0 radical (unpaired) electrons. The van der Waals surface area contributed by atoms with E-state index in [1.165, 1.54) is 22.9 Å². The van der Waals surface area contributed by atoms with E-state index in [1.807, 2.05) is 30.3 Å². The molecule has 8 heteroatoms. The van der Waals surface area contributed by atoms with Crippen molar-refractivity contribution in [1.29, 1.82) is 0 Å². The van der Waals surface area contributed by atoms with Crippen molar-refractivity contribution in [2.45, 2.75) is 13.8 Å². The largest absolute Gasteiger partial charge is 0.493 e. The van der Waals surface area contributed by atoms with Crippen LogP contribution in [0.1, 0.15) is 16.7 Å². The fraction of sp³-hybridized carbons (Fsp3) is 0.238. The highest BCUT2D eigenvalue weighted by Gasteiger charge is 2.22. The summed E-state index contributed by atoms with van der Waals surface area (Å²) < 4.78 is 18.3. The molecule has 1 fully saturated rings. The van der Waals surface area contributed by atoms with Crippen molar-refractivity contribution in [2.75, 3.05) is 20.3 Å². The van der Waals surface area contributed by atoms with Gasteiger partial charge in [0.2, 0.25) is 0 Å². The van der Waals surface area contributed by atoms with E-state index in [1.54, 1.807) is 13.2 Å². The van der Waals surface area contributed by atoms with Gasteiger partial charge in [0.05, 0.1) is 16.5 Å². The van der Waals surface area contributed by atoms with Crippen LogP contribution >= 0.6 is 39.9 Å². The van der Waals surface area contributed by atoms with Crippen LogP contribution < -0.4 is 19.5 Å². The van der Waals surface area contributed by atoms with E-state index in [0.717, 1.165) is 15.8 Å². The summed E-state index contributed by atoms with van der Waals surface area (Å²) >= 11 is 9.77. The topological polar surface area (TPSA) is 56.8 Å². The van der Waals surface area contributed by atoms with Crippen LogP contribution in [-0.4, -0.2) is 30.6 Å². The number of methoxy groups -OCH3 is 1. The van der Waals surface area contributed by atoms with Crippen molar-refractivity contribution in [3.05, 3.63) is 56.4 Å². The molecule has 1 aliphatic rings. The Labute approximate surface area is 187 Å². The first-order chi connectivity index (χ1) is 13.9. The average Bonchev–Trinajstić information content (AvgIpc) is 2.99. The van der Waals surface area contributed by atoms with Gasteiger partial charge in [0.15, 0.2) is 11.5 Å². The van der Waals surface area contributed by atoms with Crippen LogP contribution in [-0.2, 0) is 4.79 Å². The summed E-state index contributed by atoms with van der Waals surface area (Å²) in [4.78, 5) is 12.4. The monoisotopic (exact) mass is 493 g/mol. The molecule has 1 heterocycles. The number of nitrogens with one attached hydrogen (secondary N) is 1. The SMILES string of the molecule is COc1cc(/C=C2/SC(=S)NC2=O)cc(Br)c1OCCOc1ccc(C)c(C)c1. The molecule has 152 valence electrons. The minimum Gasteiger partial charge on any atom is -0.493 e. The Balaban J connectivity index is 1.66. The van der Waals surface area contributed by atoms with Crippen LogP contribution in [0.4, 0.5) is 0 Å². The fourth-order valence-corrected chi connectivity index (χ4v) is 4.26. The molecule has 1 N–H and O–H groups in total. The number of carbonyl (C=O) groups is 1. The molecular formula is C21H20BrNO4S2. The minimum atomic E-state index is -0.195. The number of aryl methyl sites for hydroxylation is 2. The third-order valence-electron chi connectivity index (χ3n) is 4.27. The van der Waals surface area contributed by atoms with E-state index in [2.05, 4.69) is 35.1 Å². The van der Waals surface area contributed by atoms with Crippen molar-refractivity contribution in [1.82, 2.24) is 5.32 Å². The molecule has 2 aromatic carbocycles. The van der Waals surface area contributed by atoms with Crippen molar-refractivity contribution >= 4 is 56.2 Å². The predicted octanol–water partition coefficient (Wildman–Crippen LogP) is 5.02. The van der Waals surface area contributed by atoms with E-state index < -0.39 is 0 Å². The Morgan fingerprint density at radius 3 is 2.55 bits per heavy atom. The zero-order valence-corrected chi connectivity index (χ0v) is 19.4. The first-order valence-corrected chi connectivity index (χ1v) is 10.8. The molecule has 2 aromatic rings. The molecule has 1 aliphatic heterocycles. The summed E-state index contributed by atoms with van der Waals surface area (Å²) in [6, 6.07) is 9.67. The minimum absolute atomic E-state index is 0.195. The van der Waals surface area contributed by atoms with Gasteiger partial charge < -0.3 is 19.5 Å². The lowest BCUT2D eigenvalue weighted by atomic mass is 10.1. The summed E-state index contributed by atoms with van der Waals surface area (Å²) in [7, 11) is 1.57. The lowest BCUT2D eigenvalue weighted by Crippen LogP contribution is -2.17. The molecule has 0 unspecified atom stereocenters. The van der Waals surface area contributed by atoms with Gasteiger partial charge >= 0.3 is 0 Å². The van der Waals surface area contributed by atoms with E-state index >= 15 is 0 Å². The number of thiocarbonyl (C=S) groups is 1. The number of amides is 1. The van der Waals surface area contributed by atoms with Crippen LogP contribution in [0, 0.1) is 13.8 Å². The van der Waals surface area contributed by atoms with E-state index in [0.29, 0.717) is 33.9 Å². The van der Waals surface area contributed by atoms with Gasteiger partial charge in [-0.05, 0) is 76.8 Å². The van der Waals surface area contributed by atoms with Crippen molar-refractivity contribution < 1.29 is 19.0 Å². The van der Waals surface area contributed by atoms with Crippen LogP contribution in [0.5, 0.6) is 17.2 Å². The van der Waals surface area contributed by atoms with Gasteiger partial charge in [0.1, 0.15) is 23.3 Å². The number of benzene rings is 2. The Morgan fingerprint density at radius 1 is 1.14 bits per heavy atom. The second-order valence-corrected chi connectivity index (χ2v) is 8.90. The van der Waals surface area contributed by atoms with Gasteiger partial charge in [-0.15, -0.1) is 0 Å². The maximum Gasteiger partial charge on any atom is 0.263 e. The summed E-state index contributed by atoms with van der Waals surface area (Å²) in [6.45, 7) is 4.88. The first kappa shape index (κ1) is 21.7. The summed E-state index contributed by atoms with van der Waals surface area (Å²) in [5, 5.41) is 2.60. The Morgan fingerprint density at radius 2 is 1.90 bits per heavy atom. The third-order valence-corrected chi connectivity index (χ3v) is 6.02. The van der Waals surface area contributed by atoms with Crippen LogP contribution in [0.3, 0.4) is 0 Å². The number of thioether (sulfide) groups is 1. The summed E-state index contributed by atoms with van der Waals surface area (Å²) in [5.74, 6) is 1.76. The van der Waals surface area contributed by atoms with Gasteiger partial charge in [-0.3, -0.25) is 4.79 Å². The molecule has 29 heavy (non-hydrogen) atoms. The third kappa shape index (κ3) is 5.52. The van der Waals surface area contributed by atoms with Gasteiger partial charge in [-0.2, -0.15) is 0 Å². The quantitative estimate of drug-likeness (QED) is 0.332. The standard InChI is InChI=1S/C21H20BrNO4S2/c1-12-4-5-15(8-13(12)2)26-6-7-27-19-16(22)9-14(10-17(19)25-3)11-18-20(24)23-21(28)29-18/h4-5,8-11H,6-7H2,1-3H3,(H,23,24,28)/b18-11+. The molecule has 1 saturated heterocycles. The van der Waals surface area contributed by atoms with Crippen LogP contribution in [0.15, 0.2) is 39.7 Å². The summed E-state index contributed by atoms with van der Waals surface area (Å²) in [5.41, 5.74) is 3.22. The molecule has 0 saturated carbocycles. The van der Waals surface area contributed by atoms with E-state index in [9.17, 15) is 4.79 Å². The smallest absolute Gasteiger partial charge is 0.263 e. The fourth-order valence-electron chi connectivity index (χ4n) is 2.64. The van der Waals surface area contributed by atoms with Crippen LogP contribution in [0.25, 0.3) is 6.08 Å². The highest BCUT2D eigenvalue weighted by atomic mass is 79.9. The molecule has 0 atom stereocenters. The van der Waals surface area contributed by atoms with Crippen molar-refractivity contribution in [3.8, 4) is 17.2 Å². The number of carbonyl (C=O) groups excluding carboxylic acids is 1. The number of hydrogen-bond donors (Lipinski definition) is 1. The maximum absolute atomic E-state index is 11.9. The zero-order valence-electron chi connectivity index (χ0n) is 16.2. The van der Waals surface area contributed by atoms with E-state index in [4.69, 9.17) is 26.4 Å². The lowest BCUT2D eigenvalue weighted by Gasteiger charge is -2.14. The van der Waals surface area contributed by atoms with Crippen molar-refractivity contribution in [2.24, 2.45) is 0 Å². The second-order valence-electron chi connectivity index (χ2n) is 6.33. The second kappa shape index (κ2) is 9.65. The molecular weight excluding hydrogens is 474 g/mol. The van der Waals surface area contributed by atoms with Crippen molar-refractivity contribution in [3.63, 3.8) is 0 Å². The molecule has 1 amide bonds. The maximum atomic E-state index is 11.9. The van der Waals surface area contributed by atoms with Gasteiger partial charge in [-0.1, -0.05) is 30.0 Å². The molecule has 0 aromatic heterocycles. The van der Waals surface area contributed by atoms with Crippen LogP contribution in [0.2, 0.25) is 0 Å². The van der Waals surface area contributed by atoms with Gasteiger partial charge in [0, 0.05) is 0 Å². The lowest BCUT2D eigenvalue weighted by molar-refractivity contribution is -0.115. The number of rotatable bonds is 7. The molecule has 5 nitrogen and oxygen atoms in total.